The smallest absolute Gasteiger partial charge is 0.326 e. The average Bonchev–Trinajstić information content (AvgIpc) is 3.05. The maximum Gasteiger partial charge on any atom is 0.326 e. The summed E-state index contributed by atoms with van der Waals surface area (Å²) < 4.78 is 19.3. The van der Waals surface area contributed by atoms with E-state index in [0.717, 1.165) is 68.5 Å². The minimum Gasteiger partial charge on any atom is -0.491 e. The molecule has 1 aliphatic rings. The highest BCUT2D eigenvalue weighted by Crippen LogP contribution is 2.21. The molecule has 44 heavy (non-hydrogen) atoms. The molecule has 0 radical (unpaired) electrons. The third-order valence-electron chi connectivity index (χ3n) is 7.56. The van der Waals surface area contributed by atoms with E-state index in [1.807, 2.05) is 30.3 Å². The highest BCUT2D eigenvalue weighted by molar-refractivity contribution is 5.77. The number of nitrogens with one attached hydrogen (secondary N) is 2. The van der Waals surface area contributed by atoms with E-state index < -0.39 is 17.8 Å². The second-order valence-electron chi connectivity index (χ2n) is 10.8. The number of carboxylic acid groups (broad SMARTS) is 1. The predicted molar refractivity (Wildman–Crippen MR) is 167 cm³/mol. The summed E-state index contributed by atoms with van der Waals surface area (Å²) >= 11 is 0. The molecule has 4 aromatic rings. The van der Waals surface area contributed by atoms with Crippen LogP contribution in [0.1, 0.15) is 36.9 Å². The predicted octanol–water partition coefficient (Wildman–Crippen LogP) is 5.09. The van der Waals surface area contributed by atoms with Crippen LogP contribution in [-0.4, -0.2) is 74.7 Å². The van der Waals surface area contributed by atoms with Crippen LogP contribution in [0.15, 0.2) is 73.3 Å². The third-order valence-corrected chi connectivity index (χ3v) is 7.56. The van der Waals surface area contributed by atoms with Crippen molar-refractivity contribution >= 4 is 17.6 Å². The molecule has 0 unspecified atom stereocenters. The highest BCUT2D eigenvalue weighted by Gasteiger charge is 2.20. The van der Waals surface area contributed by atoms with Gasteiger partial charge in [-0.2, -0.15) is 0 Å². The van der Waals surface area contributed by atoms with Crippen molar-refractivity contribution in [3.05, 3.63) is 90.4 Å². The number of rotatable bonds is 16. The monoisotopic (exact) mass is 599 g/mol. The van der Waals surface area contributed by atoms with Gasteiger partial charge in [0.1, 0.15) is 42.2 Å². The van der Waals surface area contributed by atoms with Crippen molar-refractivity contribution in [2.75, 3.05) is 43.4 Å². The van der Waals surface area contributed by atoms with Gasteiger partial charge in [-0.3, -0.25) is 9.88 Å². The molecule has 1 aliphatic heterocycles. The van der Waals surface area contributed by atoms with Crippen molar-refractivity contribution in [3.63, 3.8) is 0 Å². The van der Waals surface area contributed by atoms with Gasteiger partial charge in [-0.15, -0.1) is 0 Å². The zero-order chi connectivity index (χ0) is 30.6. The first-order chi connectivity index (χ1) is 21.5. The highest BCUT2D eigenvalue weighted by atomic mass is 19.1. The number of aliphatic carboxylic acids is 1. The number of hydrogen-bond donors (Lipinski definition) is 3. The van der Waals surface area contributed by atoms with Crippen LogP contribution in [0.2, 0.25) is 0 Å². The van der Waals surface area contributed by atoms with Crippen LogP contribution in [0.25, 0.3) is 11.3 Å². The lowest BCUT2D eigenvalue weighted by molar-refractivity contribution is -0.138. The molecule has 230 valence electrons. The molecule has 0 amide bonds. The zero-order valence-corrected chi connectivity index (χ0v) is 24.7. The van der Waals surface area contributed by atoms with E-state index in [2.05, 4.69) is 42.6 Å². The van der Waals surface area contributed by atoms with Crippen LogP contribution in [0.4, 0.5) is 16.0 Å². The number of halogens is 1. The normalized spacial score (nSPS) is 13.1. The molecule has 1 atom stereocenters. The molecule has 3 N–H and O–H groups in total. The summed E-state index contributed by atoms with van der Waals surface area (Å²) in [6.45, 7) is 3.11. The molecule has 5 rings (SSSR count). The Balaban J connectivity index is 1.17. The Labute approximate surface area is 256 Å². The zero-order valence-electron chi connectivity index (χ0n) is 24.7. The van der Waals surface area contributed by atoms with E-state index in [1.54, 1.807) is 6.07 Å². The summed E-state index contributed by atoms with van der Waals surface area (Å²) in [7, 11) is 0. The van der Waals surface area contributed by atoms with Crippen molar-refractivity contribution < 1.29 is 19.0 Å². The number of unbranched alkanes of at least 4 members (excludes halogenated alkanes) is 1. The molecular weight excluding hydrogens is 561 g/mol. The number of aromatic nitrogens is 4. The molecule has 0 spiro atoms. The largest absolute Gasteiger partial charge is 0.491 e. The maximum absolute atomic E-state index is 13.5. The number of carboxylic acids is 1. The SMILES string of the molecule is O=C(O)[C@H](CCN(CCCCc1ccc2c(n1)NCCC2)CCOc1cncc(F)c1)Nc1cc(-c2ccccc2)ncn1. The lowest BCUT2D eigenvalue weighted by atomic mass is 10.1. The van der Waals surface area contributed by atoms with Gasteiger partial charge in [-0.1, -0.05) is 36.4 Å². The van der Waals surface area contributed by atoms with Gasteiger partial charge in [0.2, 0.25) is 0 Å². The van der Waals surface area contributed by atoms with Crippen molar-refractivity contribution in [2.24, 2.45) is 0 Å². The third kappa shape index (κ3) is 9.18. The maximum atomic E-state index is 13.5. The van der Waals surface area contributed by atoms with Gasteiger partial charge < -0.3 is 20.5 Å². The van der Waals surface area contributed by atoms with E-state index in [9.17, 15) is 14.3 Å². The van der Waals surface area contributed by atoms with Crippen LogP contribution in [0, 0.1) is 5.82 Å². The number of hydrogen-bond acceptors (Lipinski definition) is 9. The standard InChI is InChI=1S/C33H38FN7O3/c34-26-19-28(22-35-21-26)44-18-17-41(15-5-4-10-27-12-11-25-9-6-14-36-32(25)39-27)16-13-29(33(42)43)40-31-20-30(37-23-38-31)24-7-2-1-3-8-24/h1-3,7-8,11-12,19-23,29H,4-6,9-10,13-18H2,(H,36,39)(H,42,43)(H,37,38,40)/t29-/m0/s1. The van der Waals surface area contributed by atoms with Gasteiger partial charge in [0.05, 0.1) is 18.1 Å². The van der Waals surface area contributed by atoms with Crippen LogP contribution in [-0.2, 0) is 17.6 Å². The van der Waals surface area contributed by atoms with Crippen molar-refractivity contribution in [1.82, 2.24) is 24.8 Å². The molecule has 0 aliphatic carbocycles. The molecule has 0 bridgehead atoms. The van der Waals surface area contributed by atoms with E-state index in [1.165, 1.54) is 24.2 Å². The van der Waals surface area contributed by atoms with E-state index in [0.29, 0.717) is 43.4 Å². The summed E-state index contributed by atoms with van der Waals surface area (Å²) in [5.74, 6) is 0.401. The number of aryl methyl sites for hydroxylation is 2. The summed E-state index contributed by atoms with van der Waals surface area (Å²) in [6.07, 6.45) is 9.31. The summed E-state index contributed by atoms with van der Waals surface area (Å²) in [4.78, 5) is 31.6. The van der Waals surface area contributed by atoms with Gasteiger partial charge in [0.15, 0.2) is 0 Å². The molecule has 10 nitrogen and oxygen atoms in total. The fourth-order valence-corrected chi connectivity index (χ4v) is 5.20. The Kier molecular flexibility index (Phi) is 11.0. The van der Waals surface area contributed by atoms with Crippen LogP contribution in [0.5, 0.6) is 5.75 Å². The van der Waals surface area contributed by atoms with Gasteiger partial charge in [0.25, 0.3) is 0 Å². The topological polar surface area (TPSA) is 125 Å². The fourth-order valence-electron chi connectivity index (χ4n) is 5.20. The van der Waals surface area contributed by atoms with E-state index in [-0.39, 0.29) is 0 Å². The number of pyridine rings is 2. The second-order valence-corrected chi connectivity index (χ2v) is 10.8. The summed E-state index contributed by atoms with van der Waals surface area (Å²) in [5, 5.41) is 16.5. The Morgan fingerprint density at radius 3 is 2.80 bits per heavy atom. The first-order valence-corrected chi connectivity index (χ1v) is 15.1. The molecule has 4 heterocycles. The summed E-state index contributed by atoms with van der Waals surface area (Å²) in [6, 6.07) is 16.2. The number of benzene rings is 1. The minimum atomic E-state index is -0.959. The lowest BCUT2D eigenvalue weighted by Crippen LogP contribution is -2.37. The van der Waals surface area contributed by atoms with Crippen LogP contribution >= 0.6 is 0 Å². The van der Waals surface area contributed by atoms with Crippen molar-refractivity contribution in [3.8, 4) is 17.0 Å². The average molecular weight is 600 g/mol. The van der Waals surface area contributed by atoms with Gasteiger partial charge in [-0.25, -0.2) is 24.1 Å². The van der Waals surface area contributed by atoms with Crippen molar-refractivity contribution in [2.45, 2.75) is 44.6 Å². The molecule has 0 fully saturated rings. The molecule has 0 saturated heterocycles. The second kappa shape index (κ2) is 15.7. The Hall–Kier alpha value is -4.64. The van der Waals surface area contributed by atoms with Gasteiger partial charge in [0, 0.05) is 43.0 Å². The Morgan fingerprint density at radius 2 is 1.95 bits per heavy atom. The quantitative estimate of drug-likeness (QED) is 0.150. The lowest BCUT2D eigenvalue weighted by Gasteiger charge is -2.24. The molecule has 1 aromatic carbocycles. The van der Waals surface area contributed by atoms with Gasteiger partial charge in [-0.05, 0) is 56.7 Å². The number of anilines is 2. The number of ether oxygens (including phenoxy) is 1. The Bertz CT molecular complexity index is 1510. The molecule has 11 heteroatoms. The van der Waals surface area contributed by atoms with Gasteiger partial charge >= 0.3 is 5.97 Å². The fraction of sp³-hybridized carbons (Fsp3) is 0.364. The molecule has 0 saturated carbocycles. The number of carbonyl (C=O) groups is 1. The first kappa shape index (κ1) is 30.8. The van der Waals surface area contributed by atoms with Crippen LogP contribution in [0.3, 0.4) is 0 Å². The van der Waals surface area contributed by atoms with E-state index >= 15 is 0 Å². The minimum absolute atomic E-state index is 0.320. The summed E-state index contributed by atoms with van der Waals surface area (Å²) in [5.41, 5.74) is 3.98. The Morgan fingerprint density at radius 1 is 1.07 bits per heavy atom. The molecule has 3 aromatic heterocycles. The number of nitrogens with zero attached hydrogens (tertiary/aromatic N) is 5. The number of fused-ring (bicyclic) bond motifs is 1. The van der Waals surface area contributed by atoms with Crippen LogP contribution < -0.4 is 15.4 Å². The first-order valence-electron chi connectivity index (χ1n) is 15.1. The van der Waals surface area contributed by atoms with Crippen molar-refractivity contribution in [1.29, 1.82) is 0 Å². The molecular formula is C33H38FN7O3. The van der Waals surface area contributed by atoms with E-state index in [4.69, 9.17) is 9.72 Å².